The first kappa shape index (κ1) is 14.3. The number of hydrogen-bond acceptors (Lipinski definition) is 5. The number of nitrogens with zero attached hydrogens (tertiary/aromatic N) is 3. The fraction of sp³-hybridized carbons (Fsp3) is 0.250. The number of aromatic amines is 1. The van der Waals surface area contributed by atoms with E-state index in [0.717, 1.165) is 14.8 Å². The number of nitrogen functional groups attached to an aromatic ring is 1. The summed E-state index contributed by atoms with van der Waals surface area (Å²) < 4.78 is 9.32. The molecule has 3 heterocycles. The number of anilines is 1. The molecule has 0 bridgehead atoms. The molecule has 0 radical (unpaired) electrons. The van der Waals surface area contributed by atoms with E-state index in [1.807, 2.05) is 17.7 Å². The molecular weight excluding hydrogens is 406 g/mol. The van der Waals surface area contributed by atoms with Crippen molar-refractivity contribution >= 4 is 49.5 Å². The van der Waals surface area contributed by atoms with E-state index in [1.54, 1.807) is 0 Å². The van der Waals surface area contributed by atoms with E-state index in [2.05, 4.69) is 46.8 Å². The second-order valence-electron chi connectivity index (χ2n) is 4.53. The molecule has 0 fully saturated rings. The number of aromatic nitrogens is 3. The minimum absolute atomic E-state index is 0.202. The number of ketones is 1. The highest BCUT2D eigenvalue weighted by atomic mass is 79.9. The third-order valence-electron chi connectivity index (χ3n) is 3.14. The highest BCUT2D eigenvalue weighted by molar-refractivity contribution is 9.13. The van der Waals surface area contributed by atoms with E-state index in [1.165, 1.54) is 6.20 Å². The predicted molar refractivity (Wildman–Crippen MR) is 84.4 cm³/mol. The van der Waals surface area contributed by atoms with Crippen LogP contribution in [0.3, 0.4) is 0 Å². The average molecular weight is 417 g/mol. The van der Waals surface area contributed by atoms with E-state index >= 15 is 0 Å². The Bertz CT molecular complexity index is 749. The molecule has 0 amide bonds. The number of carbonyl (C=O) groups is 1. The summed E-state index contributed by atoms with van der Waals surface area (Å²) in [6, 6.07) is 1.88. The van der Waals surface area contributed by atoms with Crippen LogP contribution < -0.4 is 5.73 Å². The molecule has 0 aromatic carbocycles. The lowest BCUT2D eigenvalue weighted by Gasteiger charge is -2.09. The number of hydrogen-bond donors (Lipinski definition) is 2. The van der Waals surface area contributed by atoms with Gasteiger partial charge in [-0.3, -0.25) is 4.79 Å². The highest BCUT2D eigenvalue weighted by Crippen LogP contribution is 2.28. The number of nitrogens with one attached hydrogen (secondary N) is 1. The van der Waals surface area contributed by atoms with Crippen LogP contribution in [0.5, 0.6) is 0 Å². The minimum Gasteiger partial charge on any atom is -0.463 e. The maximum atomic E-state index is 12.2. The summed E-state index contributed by atoms with van der Waals surface area (Å²) in [6.07, 6.45) is 0.738. The van der Waals surface area contributed by atoms with Crippen molar-refractivity contribution in [1.82, 2.24) is 14.5 Å². The molecule has 0 saturated carbocycles. The number of H-pyrrole nitrogens is 1. The predicted octanol–water partition coefficient (Wildman–Crippen LogP) is 1.88. The van der Waals surface area contributed by atoms with Crippen LogP contribution in [-0.4, -0.2) is 38.9 Å². The van der Waals surface area contributed by atoms with Crippen LogP contribution in [-0.2, 0) is 11.8 Å². The van der Waals surface area contributed by atoms with Crippen molar-refractivity contribution in [3.8, 4) is 0 Å². The lowest BCUT2D eigenvalue weighted by Crippen LogP contribution is -2.25. The van der Waals surface area contributed by atoms with Gasteiger partial charge in [0.1, 0.15) is 11.4 Å². The molecule has 110 valence electrons. The Balaban J connectivity index is 1.78. The molecule has 0 spiro atoms. The minimum atomic E-state index is -0.660. The Hall–Kier alpha value is -1.61. The van der Waals surface area contributed by atoms with Crippen molar-refractivity contribution in [2.45, 2.75) is 6.10 Å². The van der Waals surface area contributed by atoms with Crippen LogP contribution in [0.25, 0.3) is 0 Å². The van der Waals surface area contributed by atoms with Gasteiger partial charge in [-0.15, -0.1) is 0 Å². The molecule has 1 aliphatic rings. The molecule has 0 saturated heterocycles. The Kier molecular flexibility index (Phi) is 3.62. The number of Topliss-reactive ketones (excluding diaryl/α,β-unsaturated/α-hetero) is 1. The quantitative estimate of drug-likeness (QED) is 0.746. The van der Waals surface area contributed by atoms with Crippen molar-refractivity contribution in [3.63, 3.8) is 0 Å². The van der Waals surface area contributed by atoms with Gasteiger partial charge < -0.3 is 20.0 Å². The largest absolute Gasteiger partial charge is 0.463 e. The summed E-state index contributed by atoms with van der Waals surface area (Å²) in [7, 11) is 1.88. The monoisotopic (exact) mass is 415 g/mol. The van der Waals surface area contributed by atoms with Crippen LogP contribution in [0.4, 0.5) is 5.95 Å². The SMILES string of the molecule is Cn1c(C2=NCC(C(=O)c3cnc(N)[nH]3)O2)cc(Br)c1Br. The molecule has 1 atom stereocenters. The van der Waals surface area contributed by atoms with E-state index in [9.17, 15) is 4.79 Å². The van der Waals surface area contributed by atoms with Gasteiger partial charge in [0, 0.05) is 7.05 Å². The van der Waals surface area contributed by atoms with Gasteiger partial charge in [-0.25, -0.2) is 9.98 Å². The molecule has 3 N–H and O–H groups in total. The molecule has 2 aromatic heterocycles. The summed E-state index contributed by atoms with van der Waals surface area (Å²) in [4.78, 5) is 23.1. The lowest BCUT2D eigenvalue weighted by molar-refractivity contribution is 0.0812. The summed E-state index contributed by atoms with van der Waals surface area (Å²) >= 11 is 6.87. The fourth-order valence-electron chi connectivity index (χ4n) is 2.04. The van der Waals surface area contributed by atoms with Gasteiger partial charge in [0.15, 0.2) is 12.1 Å². The van der Waals surface area contributed by atoms with E-state index in [4.69, 9.17) is 10.5 Å². The Morgan fingerprint density at radius 1 is 1.57 bits per heavy atom. The third-order valence-corrected chi connectivity index (χ3v) is 5.24. The van der Waals surface area contributed by atoms with Crippen LogP contribution in [0.2, 0.25) is 0 Å². The van der Waals surface area contributed by atoms with Crippen LogP contribution in [0, 0.1) is 0 Å². The first-order chi connectivity index (χ1) is 9.97. The fourth-order valence-corrected chi connectivity index (χ4v) is 2.82. The zero-order valence-electron chi connectivity index (χ0n) is 10.9. The highest BCUT2D eigenvalue weighted by Gasteiger charge is 2.31. The van der Waals surface area contributed by atoms with Crippen LogP contribution in [0.1, 0.15) is 16.2 Å². The molecule has 2 aromatic rings. The molecule has 1 unspecified atom stereocenters. The van der Waals surface area contributed by atoms with Gasteiger partial charge in [0.05, 0.1) is 21.8 Å². The van der Waals surface area contributed by atoms with Gasteiger partial charge in [0.2, 0.25) is 11.7 Å². The van der Waals surface area contributed by atoms with Crippen molar-refractivity contribution in [1.29, 1.82) is 0 Å². The first-order valence-corrected chi connectivity index (χ1v) is 7.63. The average Bonchev–Trinajstić information content (AvgIpc) is 3.15. The smallest absolute Gasteiger partial charge is 0.234 e. The summed E-state index contributed by atoms with van der Waals surface area (Å²) in [5, 5.41) is 0. The number of halogens is 2. The van der Waals surface area contributed by atoms with Gasteiger partial charge in [-0.2, -0.15) is 0 Å². The summed E-state index contributed by atoms with van der Waals surface area (Å²) in [5.74, 6) is 0.424. The summed E-state index contributed by atoms with van der Waals surface area (Å²) in [5.41, 5.74) is 6.58. The second-order valence-corrected chi connectivity index (χ2v) is 6.13. The van der Waals surface area contributed by atoms with E-state index < -0.39 is 6.10 Å². The third kappa shape index (κ3) is 2.51. The first-order valence-electron chi connectivity index (χ1n) is 6.04. The number of ether oxygens (including phenoxy) is 1. The Morgan fingerprint density at radius 3 is 2.90 bits per heavy atom. The van der Waals surface area contributed by atoms with Crippen molar-refractivity contribution < 1.29 is 9.53 Å². The zero-order chi connectivity index (χ0) is 15.1. The van der Waals surface area contributed by atoms with Crippen LogP contribution in [0.15, 0.2) is 26.3 Å². The standard InChI is InChI=1S/C12H11Br2N5O2/c1-19-7(2-5(13)10(19)14)11-16-4-8(21-11)9(20)6-3-17-12(15)18-6/h2-3,8H,4H2,1H3,(H3,15,17,18). The van der Waals surface area contributed by atoms with Crippen molar-refractivity contribution in [2.24, 2.45) is 12.0 Å². The summed E-state index contributed by atoms with van der Waals surface area (Å²) in [6.45, 7) is 0.271. The van der Waals surface area contributed by atoms with E-state index in [-0.39, 0.29) is 18.3 Å². The number of imidazole rings is 1. The van der Waals surface area contributed by atoms with Gasteiger partial charge >= 0.3 is 0 Å². The van der Waals surface area contributed by atoms with Crippen molar-refractivity contribution in [3.05, 3.63) is 32.7 Å². The molecule has 7 nitrogen and oxygen atoms in total. The van der Waals surface area contributed by atoms with Crippen LogP contribution >= 0.6 is 31.9 Å². The molecule has 3 rings (SSSR count). The normalized spacial score (nSPS) is 17.7. The maximum absolute atomic E-state index is 12.2. The molecule has 0 aliphatic carbocycles. The number of aliphatic imine (C=N–C) groups is 1. The Morgan fingerprint density at radius 2 is 2.33 bits per heavy atom. The molecule has 9 heteroatoms. The second kappa shape index (κ2) is 5.30. The van der Waals surface area contributed by atoms with E-state index in [0.29, 0.717) is 11.6 Å². The Labute approximate surface area is 136 Å². The lowest BCUT2D eigenvalue weighted by atomic mass is 10.2. The van der Waals surface area contributed by atoms with Gasteiger partial charge in [0.25, 0.3) is 0 Å². The topological polar surface area (TPSA) is 98.3 Å². The maximum Gasteiger partial charge on any atom is 0.234 e. The number of nitrogens with two attached hydrogens (primary N) is 1. The molecular formula is C12H11Br2N5O2. The van der Waals surface area contributed by atoms with Gasteiger partial charge in [-0.1, -0.05) is 0 Å². The van der Waals surface area contributed by atoms with Gasteiger partial charge in [-0.05, 0) is 37.9 Å². The van der Waals surface area contributed by atoms with Crippen molar-refractivity contribution in [2.75, 3.05) is 12.3 Å². The molecule has 1 aliphatic heterocycles. The molecule has 21 heavy (non-hydrogen) atoms. The number of carbonyl (C=O) groups excluding carboxylic acids is 1. The number of rotatable bonds is 3. The zero-order valence-corrected chi connectivity index (χ0v) is 14.1.